The molecule has 2 N–H and O–H groups in total. The summed E-state index contributed by atoms with van der Waals surface area (Å²) >= 11 is 0. The van der Waals surface area contributed by atoms with Crippen molar-refractivity contribution in [1.29, 1.82) is 0 Å². The van der Waals surface area contributed by atoms with Gasteiger partial charge < -0.3 is 15.2 Å². The van der Waals surface area contributed by atoms with Crippen molar-refractivity contribution in [3.63, 3.8) is 0 Å². The summed E-state index contributed by atoms with van der Waals surface area (Å²) in [6.45, 7) is 5.12. The molecular weight excluding hydrogens is 306 g/mol. The molecule has 2 unspecified atom stereocenters. The zero-order chi connectivity index (χ0) is 17.6. The van der Waals surface area contributed by atoms with Crippen LogP contribution >= 0.6 is 0 Å². The van der Waals surface area contributed by atoms with Crippen molar-refractivity contribution in [2.45, 2.75) is 39.0 Å². The van der Waals surface area contributed by atoms with E-state index < -0.39 is 11.4 Å². The fourth-order valence-electron chi connectivity index (χ4n) is 3.23. The van der Waals surface area contributed by atoms with Gasteiger partial charge in [-0.1, -0.05) is 50.6 Å². The van der Waals surface area contributed by atoms with E-state index in [-0.39, 0.29) is 24.3 Å². The Morgan fingerprint density at radius 2 is 1.88 bits per heavy atom. The second-order valence-electron chi connectivity index (χ2n) is 6.69. The van der Waals surface area contributed by atoms with Crippen molar-refractivity contribution < 1.29 is 19.4 Å². The van der Waals surface area contributed by atoms with Crippen molar-refractivity contribution in [2.75, 3.05) is 19.8 Å². The van der Waals surface area contributed by atoms with Gasteiger partial charge in [-0.2, -0.15) is 0 Å². The summed E-state index contributed by atoms with van der Waals surface area (Å²) in [4.78, 5) is 24.5. The van der Waals surface area contributed by atoms with Crippen molar-refractivity contribution >= 4 is 11.9 Å². The zero-order valence-electron chi connectivity index (χ0n) is 14.5. The summed E-state index contributed by atoms with van der Waals surface area (Å²) in [5.41, 5.74) is 0.0608. The van der Waals surface area contributed by atoms with Gasteiger partial charge in [-0.05, 0) is 24.3 Å². The van der Waals surface area contributed by atoms with Crippen molar-refractivity contribution in [3.8, 4) is 0 Å². The third-order valence-electron chi connectivity index (χ3n) is 5.16. The Hall–Kier alpha value is -1.88. The highest BCUT2D eigenvalue weighted by Gasteiger charge is 2.41. The lowest BCUT2D eigenvalue weighted by atomic mass is 9.79. The van der Waals surface area contributed by atoms with Gasteiger partial charge in [-0.3, -0.25) is 9.59 Å². The maximum Gasteiger partial charge on any atom is 0.311 e. The van der Waals surface area contributed by atoms with E-state index in [1.165, 1.54) is 0 Å². The minimum Gasteiger partial charge on any atom is -0.481 e. The van der Waals surface area contributed by atoms with Crippen LogP contribution in [0, 0.1) is 11.3 Å². The van der Waals surface area contributed by atoms with E-state index in [1.54, 1.807) is 0 Å². The second kappa shape index (κ2) is 8.29. The van der Waals surface area contributed by atoms with Crippen LogP contribution in [0.1, 0.15) is 44.6 Å². The highest BCUT2D eigenvalue weighted by Crippen LogP contribution is 2.31. The van der Waals surface area contributed by atoms with E-state index in [1.807, 2.05) is 30.3 Å². The normalized spacial score (nSPS) is 19.2. The Labute approximate surface area is 143 Å². The molecule has 0 bridgehead atoms. The molecule has 1 heterocycles. The van der Waals surface area contributed by atoms with Crippen LogP contribution in [0.2, 0.25) is 0 Å². The van der Waals surface area contributed by atoms with Gasteiger partial charge in [0.15, 0.2) is 0 Å². The smallest absolute Gasteiger partial charge is 0.311 e. The largest absolute Gasteiger partial charge is 0.481 e. The number of benzene rings is 1. The van der Waals surface area contributed by atoms with Crippen LogP contribution in [0.4, 0.5) is 0 Å². The lowest BCUT2D eigenvalue weighted by Gasteiger charge is -2.34. The molecule has 132 valence electrons. The summed E-state index contributed by atoms with van der Waals surface area (Å²) < 4.78 is 5.28. The van der Waals surface area contributed by atoms with Gasteiger partial charge in [0.05, 0.1) is 11.3 Å². The highest BCUT2D eigenvalue weighted by atomic mass is 16.5. The van der Waals surface area contributed by atoms with Gasteiger partial charge in [0.2, 0.25) is 5.91 Å². The number of ether oxygens (including phenoxy) is 1. The average Bonchev–Trinajstić information content (AvgIpc) is 2.61. The number of hydrogen-bond donors (Lipinski definition) is 2. The molecule has 1 amide bonds. The van der Waals surface area contributed by atoms with Gasteiger partial charge in [-0.25, -0.2) is 0 Å². The van der Waals surface area contributed by atoms with Crippen molar-refractivity contribution in [2.24, 2.45) is 11.3 Å². The molecule has 1 fully saturated rings. The predicted molar refractivity (Wildman–Crippen MR) is 91.8 cm³/mol. The first kappa shape index (κ1) is 18.5. The van der Waals surface area contributed by atoms with Crippen LogP contribution in [0.25, 0.3) is 0 Å². The predicted octanol–water partition coefficient (Wildman–Crippen LogP) is 2.81. The number of carboxylic acids is 1. The van der Waals surface area contributed by atoms with Crippen LogP contribution in [0.3, 0.4) is 0 Å². The Balaban J connectivity index is 2.11. The third-order valence-corrected chi connectivity index (χ3v) is 5.16. The molecule has 0 saturated carbocycles. The maximum absolute atomic E-state index is 12.8. The topological polar surface area (TPSA) is 75.6 Å². The molecule has 24 heavy (non-hydrogen) atoms. The molecule has 1 aliphatic rings. The lowest BCUT2D eigenvalue weighted by molar-refractivity contribution is -0.154. The van der Waals surface area contributed by atoms with Crippen LogP contribution in [-0.2, 0) is 14.3 Å². The quantitative estimate of drug-likeness (QED) is 0.804. The van der Waals surface area contributed by atoms with Gasteiger partial charge in [0.25, 0.3) is 0 Å². The lowest BCUT2D eigenvalue weighted by Crippen LogP contribution is -2.47. The minimum absolute atomic E-state index is 0.0948. The number of rotatable bonds is 7. The van der Waals surface area contributed by atoms with E-state index in [0.29, 0.717) is 26.1 Å². The van der Waals surface area contributed by atoms with E-state index in [0.717, 1.165) is 12.0 Å². The van der Waals surface area contributed by atoms with Crippen LogP contribution in [0.15, 0.2) is 30.3 Å². The van der Waals surface area contributed by atoms with E-state index in [2.05, 4.69) is 19.2 Å². The maximum atomic E-state index is 12.8. The molecule has 1 aromatic carbocycles. The number of carboxylic acid groups (broad SMARTS) is 1. The van der Waals surface area contributed by atoms with Gasteiger partial charge in [-0.15, -0.1) is 0 Å². The zero-order valence-corrected chi connectivity index (χ0v) is 14.5. The molecule has 5 heteroatoms. The number of hydrogen-bond acceptors (Lipinski definition) is 3. The molecule has 0 aromatic heterocycles. The Morgan fingerprint density at radius 3 is 2.42 bits per heavy atom. The molecule has 2 rings (SSSR count). The Bertz CT molecular complexity index is 552. The Morgan fingerprint density at radius 1 is 1.25 bits per heavy atom. The summed E-state index contributed by atoms with van der Waals surface area (Å²) in [5.74, 6) is -1.03. The highest BCUT2D eigenvalue weighted by molar-refractivity contribution is 5.85. The average molecular weight is 333 g/mol. The molecule has 2 atom stereocenters. The first-order chi connectivity index (χ1) is 11.5. The minimum atomic E-state index is -0.912. The van der Waals surface area contributed by atoms with Gasteiger partial charge in [0.1, 0.15) is 0 Å². The summed E-state index contributed by atoms with van der Waals surface area (Å²) in [6, 6.07) is 9.69. The molecule has 1 saturated heterocycles. The fourth-order valence-corrected chi connectivity index (χ4v) is 3.23. The molecule has 0 aliphatic carbocycles. The van der Waals surface area contributed by atoms with Crippen LogP contribution in [0.5, 0.6) is 0 Å². The fraction of sp³-hybridized carbons (Fsp3) is 0.579. The second-order valence-corrected chi connectivity index (χ2v) is 6.69. The number of carbonyl (C=O) groups excluding carboxylic acids is 1. The number of amides is 1. The SMILES string of the molecule is CCC(C)C(C(=O)NCC1(C(=O)O)CCOCC1)c1ccccc1. The van der Waals surface area contributed by atoms with Gasteiger partial charge >= 0.3 is 5.97 Å². The van der Waals surface area contributed by atoms with E-state index in [4.69, 9.17) is 4.74 Å². The number of carbonyl (C=O) groups is 2. The molecule has 0 spiro atoms. The van der Waals surface area contributed by atoms with Crippen molar-refractivity contribution in [3.05, 3.63) is 35.9 Å². The first-order valence-corrected chi connectivity index (χ1v) is 8.64. The first-order valence-electron chi connectivity index (χ1n) is 8.64. The third kappa shape index (κ3) is 4.15. The monoisotopic (exact) mass is 333 g/mol. The molecule has 1 aliphatic heterocycles. The number of nitrogens with one attached hydrogen (secondary N) is 1. The van der Waals surface area contributed by atoms with Crippen LogP contribution in [-0.4, -0.2) is 36.7 Å². The van der Waals surface area contributed by atoms with Crippen molar-refractivity contribution in [1.82, 2.24) is 5.32 Å². The molecule has 1 aromatic rings. The van der Waals surface area contributed by atoms with Crippen LogP contribution < -0.4 is 5.32 Å². The standard InChI is InChI=1S/C19H27NO4/c1-3-14(2)16(15-7-5-4-6-8-15)17(21)20-13-19(18(22)23)9-11-24-12-10-19/h4-8,14,16H,3,9-13H2,1-2H3,(H,20,21)(H,22,23). The number of aliphatic carboxylic acids is 1. The van der Waals surface area contributed by atoms with E-state index >= 15 is 0 Å². The Kier molecular flexibility index (Phi) is 6.37. The molecule has 0 radical (unpaired) electrons. The molecular formula is C19H27NO4. The summed E-state index contributed by atoms with van der Waals surface area (Å²) in [6.07, 6.45) is 1.74. The summed E-state index contributed by atoms with van der Waals surface area (Å²) in [7, 11) is 0. The summed E-state index contributed by atoms with van der Waals surface area (Å²) in [5, 5.41) is 12.5. The van der Waals surface area contributed by atoms with E-state index in [9.17, 15) is 14.7 Å². The van der Waals surface area contributed by atoms with Gasteiger partial charge in [0, 0.05) is 19.8 Å². The molecule has 5 nitrogen and oxygen atoms in total.